The summed E-state index contributed by atoms with van der Waals surface area (Å²) in [6.45, 7) is 5.13. The zero-order valence-corrected chi connectivity index (χ0v) is 11.1. The minimum atomic E-state index is -0.770. The summed E-state index contributed by atoms with van der Waals surface area (Å²) in [5, 5.41) is 5.73. The zero-order valence-electron chi connectivity index (χ0n) is 10.2. The molecule has 2 unspecified atom stereocenters. The molecule has 0 spiro atoms. The number of carbonyl (C=O) groups is 1. The summed E-state index contributed by atoms with van der Waals surface area (Å²) in [6.07, 6.45) is 0. The van der Waals surface area contributed by atoms with E-state index in [1.54, 1.807) is 7.11 Å². The Kier molecular flexibility index (Phi) is 9.46. The minimum absolute atomic E-state index is 0.0177. The van der Waals surface area contributed by atoms with Gasteiger partial charge in [0.25, 0.3) is 0 Å². The van der Waals surface area contributed by atoms with E-state index in [0.717, 1.165) is 0 Å². The van der Waals surface area contributed by atoms with E-state index in [1.807, 2.05) is 13.8 Å². The van der Waals surface area contributed by atoms with Crippen molar-refractivity contribution in [1.82, 2.24) is 10.6 Å². The fraction of sp³-hybridized carbons (Fsp3) is 0.900. The SMILES string of the molecule is CCS(=O)CCNCC(=O)NC(C)COC. The van der Waals surface area contributed by atoms with Gasteiger partial charge in [-0.2, -0.15) is 0 Å². The van der Waals surface area contributed by atoms with Gasteiger partial charge in [0.15, 0.2) is 0 Å². The number of methoxy groups -OCH3 is 1. The third-order valence-electron chi connectivity index (χ3n) is 1.94. The van der Waals surface area contributed by atoms with E-state index < -0.39 is 10.8 Å². The quantitative estimate of drug-likeness (QED) is 0.541. The van der Waals surface area contributed by atoms with Crippen LogP contribution in [-0.2, 0) is 20.3 Å². The van der Waals surface area contributed by atoms with Crippen LogP contribution in [0.4, 0.5) is 0 Å². The van der Waals surface area contributed by atoms with E-state index in [1.165, 1.54) is 0 Å². The highest BCUT2D eigenvalue weighted by molar-refractivity contribution is 7.84. The van der Waals surface area contributed by atoms with Crippen LogP contribution in [0.3, 0.4) is 0 Å². The Hall–Kier alpha value is -0.460. The number of rotatable bonds is 9. The van der Waals surface area contributed by atoms with E-state index in [4.69, 9.17) is 4.74 Å². The molecule has 16 heavy (non-hydrogen) atoms. The fourth-order valence-electron chi connectivity index (χ4n) is 1.15. The molecule has 1 amide bonds. The van der Waals surface area contributed by atoms with E-state index >= 15 is 0 Å². The Morgan fingerprint density at radius 1 is 1.50 bits per heavy atom. The lowest BCUT2D eigenvalue weighted by atomic mass is 10.3. The van der Waals surface area contributed by atoms with Crippen LogP contribution in [0, 0.1) is 0 Å². The topological polar surface area (TPSA) is 67.4 Å². The van der Waals surface area contributed by atoms with E-state index in [0.29, 0.717) is 24.7 Å². The molecule has 0 aromatic rings. The summed E-state index contributed by atoms with van der Waals surface area (Å²) >= 11 is 0. The largest absolute Gasteiger partial charge is 0.383 e. The van der Waals surface area contributed by atoms with E-state index in [9.17, 15) is 9.00 Å². The number of amides is 1. The molecule has 0 aromatic heterocycles. The average molecular weight is 250 g/mol. The second kappa shape index (κ2) is 9.74. The average Bonchev–Trinajstić information content (AvgIpc) is 2.24. The molecule has 0 saturated carbocycles. The fourth-order valence-corrected chi connectivity index (χ4v) is 1.81. The second-order valence-electron chi connectivity index (χ2n) is 3.53. The highest BCUT2D eigenvalue weighted by atomic mass is 32.2. The van der Waals surface area contributed by atoms with Crippen molar-refractivity contribution in [1.29, 1.82) is 0 Å². The lowest BCUT2D eigenvalue weighted by Crippen LogP contribution is -2.41. The standard InChI is InChI=1S/C10H22N2O3S/c1-4-16(14)6-5-11-7-10(13)12-9(2)8-15-3/h9,11H,4-8H2,1-3H3,(H,12,13). The summed E-state index contributed by atoms with van der Waals surface area (Å²) in [7, 11) is 0.829. The van der Waals surface area contributed by atoms with Gasteiger partial charge in [-0.25, -0.2) is 0 Å². The molecule has 0 saturated heterocycles. The zero-order chi connectivity index (χ0) is 12.4. The molecule has 96 valence electrons. The van der Waals surface area contributed by atoms with Crippen LogP contribution in [0.2, 0.25) is 0 Å². The summed E-state index contributed by atoms with van der Waals surface area (Å²) < 4.78 is 16.0. The second-order valence-corrected chi connectivity index (χ2v) is 5.40. The lowest BCUT2D eigenvalue weighted by molar-refractivity contribution is -0.121. The smallest absolute Gasteiger partial charge is 0.234 e. The predicted molar refractivity (Wildman–Crippen MR) is 65.9 cm³/mol. The third-order valence-corrected chi connectivity index (χ3v) is 3.24. The van der Waals surface area contributed by atoms with Crippen molar-refractivity contribution in [3.05, 3.63) is 0 Å². The molecule has 0 radical (unpaired) electrons. The van der Waals surface area contributed by atoms with Gasteiger partial charge >= 0.3 is 0 Å². The van der Waals surface area contributed by atoms with Crippen LogP contribution in [0.1, 0.15) is 13.8 Å². The lowest BCUT2D eigenvalue weighted by Gasteiger charge is -2.12. The summed E-state index contributed by atoms with van der Waals surface area (Å²) in [4.78, 5) is 11.3. The van der Waals surface area contributed by atoms with Gasteiger partial charge in [-0.05, 0) is 6.92 Å². The molecule has 6 heteroatoms. The van der Waals surface area contributed by atoms with Crippen molar-refractivity contribution in [2.45, 2.75) is 19.9 Å². The third kappa shape index (κ3) is 8.82. The van der Waals surface area contributed by atoms with Crippen molar-refractivity contribution in [2.75, 3.05) is 38.3 Å². The van der Waals surface area contributed by atoms with Crippen LogP contribution < -0.4 is 10.6 Å². The molecular weight excluding hydrogens is 228 g/mol. The van der Waals surface area contributed by atoms with Gasteiger partial charge in [0.05, 0.1) is 13.2 Å². The van der Waals surface area contributed by atoms with Gasteiger partial charge in [-0.15, -0.1) is 0 Å². The number of nitrogens with one attached hydrogen (secondary N) is 2. The Morgan fingerprint density at radius 3 is 2.75 bits per heavy atom. The first kappa shape index (κ1) is 15.5. The number of hydrogen-bond donors (Lipinski definition) is 2. The minimum Gasteiger partial charge on any atom is -0.383 e. The molecule has 0 aliphatic carbocycles. The van der Waals surface area contributed by atoms with Gasteiger partial charge in [-0.3, -0.25) is 9.00 Å². The Morgan fingerprint density at radius 2 is 2.19 bits per heavy atom. The van der Waals surface area contributed by atoms with Crippen molar-refractivity contribution < 1.29 is 13.7 Å². The maximum atomic E-state index is 11.3. The van der Waals surface area contributed by atoms with Gasteiger partial charge in [0, 0.05) is 42.0 Å². The molecule has 2 N–H and O–H groups in total. The number of hydrogen-bond acceptors (Lipinski definition) is 4. The molecule has 0 heterocycles. The van der Waals surface area contributed by atoms with E-state index in [2.05, 4.69) is 10.6 Å². The van der Waals surface area contributed by atoms with Crippen LogP contribution in [0.25, 0.3) is 0 Å². The van der Waals surface area contributed by atoms with Gasteiger partial charge in [0.1, 0.15) is 0 Å². The number of ether oxygens (including phenoxy) is 1. The van der Waals surface area contributed by atoms with Crippen LogP contribution in [0.15, 0.2) is 0 Å². The molecule has 0 aromatic carbocycles. The molecule has 0 rings (SSSR count). The maximum Gasteiger partial charge on any atom is 0.234 e. The van der Waals surface area contributed by atoms with Gasteiger partial charge in [0.2, 0.25) is 5.91 Å². The van der Waals surface area contributed by atoms with Crippen molar-refractivity contribution in [3.8, 4) is 0 Å². The van der Waals surface area contributed by atoms with Crippen LogP contribution in [0.5, 0.6) is 0 Å². The first-order valence-corrected chi connectivity index (χ1v) is 6.93. The number of carbonyl (C=O) groups excluding carboxylic acids is 1. The molecule has 0 bridgehead atoms. The normalized spacial score (nSPS) is 14.4. The Labute approximate surface area is 99.8 Å². The van der Waals surface area contributed by atoms with Crippen LogP contribution in [-0.4, -0.2) is 54.5 Å². The first-order chi connectivity index (χ1) is 7.60. The Balaban J connectivity index is 3.47. The van der Waals surface area contributed by atoms with Crippen molar-refractivity contribution in [3.63, 3.8) is 0 Å². The Bertz CT molecular complexity index is 224. The molecule has 0 aliphatic rings. The monoisotopic (exact) mass is 250 g/mol. The summed E-state index contributed by atoms with van der Waals surface area (Å²) in [6, 6.07) is 0.0177. The summed E-state index contributed by atoms with van der Waals surface area (Å²) in [5.41, 5.74) is 0. The van der Waals surface area contributed by atoms with Gasteiger partial charge in [-0.1, -0.05) is 6.92 Å². The summed E-state index contributed by atoms with van der Waals surface area (Å²) in [5.74, 6) is 1.20. The predicted octanol–water partition coefficient (Wildman–Crippen LogP) is -0.504. The molecule has 0 fully saturated rings. The highest BCUT2D eigenvalue weighted by Crippen LogP contribution is 1.82. The molecular formula is C10H22N2O3S. The van der Waals surface area contributed by atoms with Crippen molar-refractivity contribution in [2.24, 2.45) is 0 Å². The molecule has 2 atom stereocenters. The maximum absolute atomic E-state index is 11.3. The van der Waals surface area contributed by atoms with Crippen molar-refractivity contribution >= 4 is 16.7 Å². The van der Waals surface area contributed by atoms with Crippen LogP contribution >= 0.6 is 0 Å². The highest BCUT2D eigenvalue weighted by Gasteiger charge is 2.06. The molecule has 5 nitrogen and oxygen atoms in total. The molecule has 0 aliphatic heterocycles. The first-order valence-electron chi connectivity index (χ1n) is 5.44. The van der Waals surface area contributed by atoms with E-state index in [-0.39, 0.29) is 18.5 Å². The van der Waals surface area contributed by atoms with Gasteiger partial charge < -0.3 is 15.4 Å².